The predicted molar refractivity (Wildman–Crippen MR) is 76.6 cm³/mol. The van der Waals surface area contributed by atoms with Gasteiger partial charge >= 0.3 is 0 Å². The molecule has 0 aliphatic carbocycles. The maximum atomic E-state index is 5.98. The minimum absolute atomic E-state index is 0.699. The van der Waals surface area contributed by atoms with Gasteiger partial charge < -0.3 is 5.73 Å². The molecule has 0 saturated heterocycles. The van der Waals surface area contributed by atoms with E-state index < -0.39 is 0 Å². The van der Waals surface area contributed by atoms with E-state index in [1.807, 2.05) is 54.6 Å². The number of nitrogens with two attached hydrogens (primary N) is 1. The topological polar surface area (TPSA) is 38.9 Å². The predicted octanol–water partition coefficient (Wildman–Crippen LogP) is 4.14. The summed E-state index contributed by atoms with van der Waals surface area (Å²) in [5.74, 6) is 0. The number of aromatic nitrogens is 1. The van der Waals surface area contributed by atoms with Gasteiger partial charge in [-0.2, -0.15) is 0 Å². The summed E-state index contributed by atoms with van der Waals surface area (Å²) >= 11 is 5.98. The number of halogens is 1. The van der Waals surface area contributed by atoms with Crippen LogP contribution in [0, 0.1) is 0 Å². The van der Waals surface area contributed by atoms with Gasteiger partial charge in [0, 0.05) is 21.7 Å². The summed E-state index contributed by atoms with van der Waals surface area (Å²) in [5.41, 5.74) is 9.30. The normalized spacial score (nSPS) is 10.7. The molecule has 0 aliphatic rings. The number of nitrogen functional groups attached to an aromatic ring is 1. The van der Waals surface area contributed by atoms with Gasteiger partial charge in [-0.15, -0.1) is 0 Å². The number of rotatable bonds is 1. The second kappa shape index (κ2) is 4.31. The summed E-state index contributed by atoms with van der Waals surface area (Å²) < 4.78 is 0. The largest absolute Gasteiger partial charge is 0.399 e. The Balaban J connectivity index is 2.15. The minimum Gasteiger partial charge on any atom is -0.399 e. The lowest BCUT2D eigenvalue weighted by molar-refractivity contribution is 1.40. The van der Waals surface area contributed by atoms with Crippen LogP contribution in [0.3, 0.4) is 0 Å². The second-order valence-electron chi connectivity index (χ2n) is 4.16. The van der Waals surface area contributed by atoms with Crippen LogP contribution in [0.1, 0.15) is 0 Å². The number of fused-ring (bicyclic) bond motifs is 1. The molecule has 0 radical (unpaired) electrons. The molecule has 1 aromatic heterocycles. The monoisotopic (exact) mass is 254 g/mol. The Bertz CT molecular complexity index is 705. The number of nitrogens with zero attached hydrogens (tertiary/aromatic N) is 1. The number of anilines is 1. The smallest absolute Gasteiger partial charge is 0.0724 e. The summed E-state index contributed by atoms with van der Waals surface area (Å²) in [6.07, 6.45) is 0. The van der Waals surface area contributed by atoms with Crippen LogP contribution < -0.4 is 5.73 Å². The van der Waals surface area contributed by atoms with E-state index in [0.717, 1.165) is 27.8 Å². The fourth-order valence-electron chi connectivity index (χ4n) is 1.90. The van der Waals surface area contributed by atoms with E-state index in [0.29, 0.717) is 5.02 Å². The maximum absolute atomic E-state index is 5.98. The molecule has 0 fully saturated rings. The summed E-state index contributed by atoms with van der Waals surface area (Å²) in [7, 11) is 0. The number of hydrogen-bond donors (Lipinski definition) is 1. The van der Waals surface area contributed by atoms with Crippen molar-refractivity contribution in [2.75, 3.05) is 5.73 Å². The first-order chi connectivity index (χ1) is 8.72. The SMILES string of the molecule is Nc1ccc(-c2ccc3ccc(Cl)cc3n2)cc1. The first-order valence-electron chi connectivity index (χ1n) is 5.64. The van der Waals surface area contributed by atoms with Crippen LogP contribution in [0.25, 0.3) is 22.2 Å². The molecule has 1 heterocycles. The highest BCUT2D eigenvalue weighted by Gasteiger charge is 2.02. The highest BCUT2D eigenvalue weighted by molar-refractivity contribution is 6.31. The fraction of sp³-hybridized carbons (Fsp3) is 0. The Labute approximate surface area is 110 Å². The maximum Gasteiger partial charge on any atom is 0.0724 e. The van der Waals surface area contributed by atoms with E-state index >= 15 is 0 Å². The first kappa shape index (κ1) is 11.1. The van der Waals surface area contributed by atoms with Crippen LogP contribution >= 0.6 is 11.6 Å². The molecule has 0 unspecified atom stereocenters. The summed E-state index contributed by atoms with van der Waals surface area (Å²) in [5, 5.41) is 1.78. The van der Waals surface area contributed by atoms with Gasteiger partial charge in [0.05, 0.1) is 11.2 Å². The Hall–Kier alpha value is -2.06. The molecule has 0 saturated carbocycles. The van der Waals surface area contributed by atoms with Crippen molar-refractivity contribution in [3.63, 3.8) is 0 Å². The molecule has 3 aromatic rings. The third-order valence-corrected chi connectivity index (χ3v) is 3.10. The molecule has 2 N–H and O–H groups in total. The molecular weight excluding hydrogens is 244 g/mol. The summed E-state index contributed by atoms with van der Waals surface area (Å²) in [6, 6.07) is 17.4. The standard InChI is InChI=1S/C15H11ClN2/c16-12-5-1-11-4-8-14(18-15(11)9-12)10-2-6-13(17)7-3-10/h1-9H,17H2. The molecule has 3 heteroatoms. The van der Waals surface area contributed by atoms with Crippen molar-refractivity contribution >= 4 is 28.2 Å². The quantitative estimate of drug-likeness (QED) is 0.663. The Morgan fingerprint density at radius 1 is 0.889 bits per heavy atom. The lowest BCUT2D eigenvalue weighted by Gasteiger charge is -2.04. The fourth-order valence-corrected chi connectivity index (χ4v) is 2.07. The lowest BCUT2D eigenvalue weighted by atomic mass is 10.1. The Kier molecular flexibility index (Phi) is 2.65. The highest BCUT2D eigenvalue weighted by Crippen LogP contribution is 2.23. The molecule has 3 rings (SSSR count). The van der Waals surface area contributed by atoms with Gasteiger partial charge in [0.25, 0.3) is 0 Å². The van der Waals surface area contributed by atoms with Gasteiger partial charge in [-0.05, 0) is 30.3 Å². The van der Waals surface area contributed by atoms with E-state index in [1.165, 1.54) is 0 Å². The molecule has 0 bridgehead atoms. The second-order valence-corrected chi connectivity index (χ2v) is 4.59. The third-order valence-electron chi connectivity index (χ3n) is 2.86. The van der Waals surface area contributed by atoms with Gasteiger partial charge in [-0.25, -0.2) is 4.98 Å². The van der Waals surface area contributed by atoms with E-state index in [4.69, 9.17) is 17.3 Å². The van der Waals surface area contributed by atoms with E-state index in [9.17, 15) is 0 Å². The molecule has 18 heavy (non-hydrogen) atoms. The van der Waals surface area contributed by atoms with E-state index in [2.05, 4.69) is 4.98 Å². The van der Waals surface area contributed by atoms with Crippen molar-refractivity contribution in [1.82, 2.24) is 4.98 Å². The van der Waals surface area contributed by atoms with Gasteiger partial charge in [0.15, 0.2) is 0 Å². The zero-order valence-electron chi connectivity index (χ0n) is 9.60. The van der Waals surface area contributed by atoms with Crippen LogP contribution in [-0.4, -0.2) is 4.98 Å². The zero-order valence-corrected chi connectivity index (χ0v) is 10.4. The zero-order chi connectivity index (χ0) is 12.5. The van der Waals surface area contributed by atoms with Gasteiger partial charge in [0.1, 0.15) is 0 Å². The van der Waals surface area contributed by atoms with Crippen LogP contribution in [0.5, 0.6) is 0 Å². The molecule has 2 nitrogen and oxygen atoms in total. The van der Waals surface area contributed by atoms with Gasteiger partial charge in [0.2, 0.25) is 0 Å². The van der Waals surface area contributed by atoms with Gasteiger partial charge in [-0.3, -0.25) is 0 Å². The molecule has 2 aromatic carbocycles. The Morgan fingerprint density at radius 2 is 1.61 bits per heavy atom. The van der Waals surface area contributed by atoms with Crippen molar-refractivity contribution in [3.8, 4) is 11.3 Å². The summed E-state index contributed by atoms with van der Waals surface area (Å²) in [6.45, 7) is 0. The van der Waals surface area contributed by atoms with E-state index in [-0.39, 0.29) is 0 Å². The first-order valence-corrected chi connectivity index (χ1v) is 6.02. The van der Waals surface area contributed by atoms with Gasteiger partial charge in [-0.1, -0.05) is 35.9 Å². The molecule has 0 spiro atoms. The molecule has 0 atom stereocenters. The third kappa shape index (κ3) is 2.03. The van der Waals surface area contributed by atoms with Crippen molar-refractivity contribution < 1.29 is 0 Å². The van der Waals surface area contributed by atoms with Crippen LogP contribution in [-0.2, 0) is 0 Å². The molecular formula is C15H11ClN2. The molecule has 0 aliphatic heterocycles. The van der Waals surface area contributed by atoms with Crippen molar-refractivity contribution in [2.45, 2.75) is 0 Å². The van der Waals surface area contributed by atoms with Crippen molar-refractivity contribution in [1.29, 1.82) is 0 Å². The minimum atomic E-state index is 0.699. The van der Waals surface area contributed by atoms with Crippen LogP contribution in [0.4, 0.5) is 5.69 Å². The number of hydrogen-bond acceptors (Lipinski definition) is 2. The van der Waals surface area contributed by atoms with Crippen molar-refractivity contribution in [2.24, 2.45) is 0 Å². The van der Waals surface area contributed by atoms with Crippen LogP contribution in [0.2, 0.25) is 5.02 Å². The highest BCUT2D eigenvalue weighted by atomic mass is 35.5. The number of benzene rings is 2. The van der Waals surface area contributed by atoms with Crippen LogP contribution in [0.15, 0.2) is 54.6 Å². The number of pyridine rings is 1. The average molecular weight is 255 g/mol. The molecule has 88 valence electrons. The summed E-state index contributed by atoms with van der Waals surface area (Å²) in [4.78, 5) is 4.61. The Morgan fingerprint density at radius 3 is 2.39 bits per heavy atom. The average Bonchev–Trinajstić information content (AvgIpc) is 2.38. The van der Waals surface area contributed by atoms with E-state index in [1.54, 1.807) is 0 Å². The molecule has 0 amide bonds. The van der Waals surface area contributed by atoms with Crippen molar-refractivity contribution in [3.05, 3.63) is 59.6 Å². The lowest BCUT2D eigenvalue weighted by Crippen LogP contribution is -1.87.